The van der Waals surface area contributed by atoms with Gasteiger partial charge in [0.1, 0.15) is 5.82 Å². The van der Waals surface area contributed by atoms with E-state index >= 15 is 0 Å². The minimum Gasteiger partial charge on any atom is -0.256 e. The highest BCUT2D eigenvalue weighted by atomic mass is 28.3. The van der Waals surface area contributed by atoms with Gasteiger partial charge in [-0.1, -0.05) is 19.6 Å². The quantitative estimate of drug-likeness (QED) is 0.756. The lowest BCUT2D eigenvalue weighted by atomic mass is 10.0. The van der Waals surface area contributed by atoms with Crippen LogP contribution in [0.3, 0.4) is 0 Å². The number of hydrogen-bond acceptors (Lipinski definition) is 1. The smallest absolute Gasteiger partial charge is 0.123 e. The van der Waals surface area contributed by atoms with Gasteiger partial charge in [0.2, 0.25) is 0 Å². The lowest BCUT2D eigenvalue weighted by Crippen LogP contribution is -2.39. The Balaban J connectivity index is 2.75. The van der Waals surface area contributed by atoms with E-state index in [9.17, 15) is 4.39 Å². The highest BCUT2D eigenvalue weighted by molar-refractivity contribution is 6.89. The molecule has 3 heteroatoms. The molecule has 0 bridgehead atoms. The number of nitrogens with zero attached hydrogens (tertiary/aromatic N) is 1. The molecule has 1 heterocycles. The molecule has 0 saturated heterocycles. The molecule has 0 saturated carbocycles. The monoisotopic (exact) mass is 279 g/mol. The van der Waals surface area contributed by atoms with Gasteiger partial charge in [-0.3, -0.25) is 4.98 Å². The number of hydrogen-bond donors (Lipinski definition) is 0. The average Bonchev–Trinajstić information content (AvgIpc) is 2.44. The van der Waals surface area contributed by atoms with Crippen LogP contribution in [0.4, 0.5) is 4.39 Å². The number of halogens is 1. The molecule has 0 spiro atoms. The minimum atomic E-state index is -2.53. The lowest BCUT2D eigenvalue weighted by Gasteiger charge is -2.19. The number of benzene rings is 1. The Kier molecular flexibility index (Phi) is 2.05. The van der Waals surface area contributed by atoms with Crippen LogP contribution < -0.4 is 5.19 Å². The van der Waals surface area contributed by atoms with Crippen LogP contribution in [-0.2, 0) is 0 Å². The highest BCUT2D eigenvalue weighted by Gasteiger charge is 2.19. The van der Waals surface area contributed by atoms with E-state index in [1.54, 1.807) is 0 Å². The molecular formula is C16H20FNSi. The summed E-state index contributed by atoms with van der Waals surface area (Å²) in [7, 11) is -1.96. The molecule has 0 aliphatic carbocycles. The van der Waals surface area contributed by atoms with Crippen molar-refractivity contribution in [1.82, 2.24) is 4.98 Å². The van der Waals surface area contributed by atoms with Crippen LogP contribution in [0.5, 0.6) is 0 Å². The van der Waals surface area contributed by atoms with E-state index in [4.69, 9.17) is 8.22 Å². The third-order valence-electron chi connectivity index (χ3n) is 2.97. The van der Waals surface area contributed by atoms with E-state index in [0.29, 0.717) is 5.19 Å². The highest BCUT2D eigenvalue weighted by Crippen LogP contribution is 2.23. The first kappa shape index (κ1) is 7.95. The summed E-state index contributed by atoms with van der Waals surface area (Å²) in [5.41, 5.74) is 0.433. The number of aryl methyl sites for hydroxylation is 2. The fraction of sp³-hybridized carbons (Fsp3) is 0.312. The van der Waals surface area contributed by atoms with Gasteiger partial charge in [-0.25, -0.2) is 4.39 Å². The van der Waals surface area contributed by atoms with Crippen LogP contribution in [0.1, 0.15) is 19.4 Å². The van der Waals surface area contributed by atoms with E-state index in [1.807, 2.05) is 19.6 Å². The second kappa shape index (κ2) is 4.89. The number of aromatic nitrogens is 1. The van der Waals surface area contributed by atoms with E-state index in [0.717, 1.165) is 12.1 Å². The standard InChI is InChI=1S/C16H20FNSi/c1-11-8-13(17)6-7-14(11)15-9-12(2)16(10-18-15)19(3,4)5/h6-10H,1-5H3/i1D3,2D3. The Morgan fingerprint density at radius 2 is 1.84 bits per heavy atom. The maximum absolute atomic E-state index is 13.5. The second-order valence-electron chi connectivity index (χ2n) is 5.56. The summed E-state index contributed by atoms with van der Waals surface area (Å²) in [4.78, 5) is 4.31. The molecule has 0 fully saturated rings. The van der Waals surface area contributed by atoms with Crippen LogP contribution in [0, 0.1) is 19.5 Å². The van der Waals surface area contributed by atoms with Crippen molar-refractivity contribution >= 4 is 13.3 Å². The van der Waals surface area contributed by atoms with Crippen molar-refractivity contribution in [3.63, 3.8) is 0 Å². The normalized spacial score (nSPS) is 17.7. The van der Waals surface area contributed by atoms with E-state index in [-0.39, 0.29) is 22.4 Å². The topological polar surface area (TPSA) is 12.9 Å². The molecule has 0 atom stereocenters. The maximum Gasteiger partial charge on any atom is 0.123 e. The third kappa shape index (κ3) is 2.92. The molecule has 0 amide bonds. The van der Waals surface area contributed by atoms with Gasteiger partial charge in [0.25, 0.3) is 0 Å². The molecule has 0 aliphatic heterocycles. The maximum atomic E-state index is 13.5. The average molecular weight is 279 g/mol. The van der Waals surface area contributed by atoms with Gasteiger partial charge in [0.05, 0.1) is 13.8 Å². The summed E-state index contributed by atoms with van der Waals surface area (Å²) in [5.74, 6) is -0.662. The van der Waals surface area contributed by atoms with Gasteiger partial charge in [0, 0.05) is 20.0 Å². The first-order valence-corrected chi connectivity index (χ1v) is 9.52. The van der Waals surface area contributed by atoms with Gasteiger partial charge in [0.15, 0.2) is 0 Å². The molecule has 0 N–H and O–H groups in total. The van der Waals surface area contributed by atoms with E-state index in [1.165, 1.54) is 18.3 Å². The van der Waals surface area contributed by atoms with Crippen LogP contribution in [0.2, 0.25) is 19.6 Å². The molecule has 1 aromatic heterocycles. The first-order valence-electron chi connectivity index (χ1n) is 9.02. The van der Waals surface area contributed by atoms with Crippen molar-refractivity contribution in [2.24, 2.45) is 0 Å². The van der Waals surface area contributed by atoms with Gasteiger partial charge in [-0.05, 0) is 54.3 Å². The zero-order valence-electron chi connectivity index (χ0n) is 17.2. The summed E-state index contributed by atoms with van der Waals surface area (Å²) in [6, 6.07) is 4.85. The van der Waals surface area contributed by atoms with Crippen molar-refractivity contribution < 1.29 is 12.6 Å². The third-order valence-corrected chi connectivity index (χ3v) is 4.98. The van der Waals surface area contributed by atoms with Gasteiger partial charge in [-0.2, -0.15) is 0 Å². The molecule has 2 aromatic rings. The van der Waals surface area contributed by atoms with Crippen LogP contribution in [0.15, 0.2) is 30.5 Å². The first-order chi connectivity index (χ1) is 11.2. The van der Waals surface area contributed by atoms with Crippen molar-refractivity contribution in [1.29, 1.82) is 0 Å². The Morgan fingerprint density at radius 3 is 2.47 bits per heavy atom. The molecule has 0 aliphatic rings. The van der Waals surface area contributed by atoms with Crippen LogP contribution in [-0.4, -0.2) is 13.1 Å². The second-order valence-corrected chi connectivity index (χ2v) is 10.6. The molecule has 0 radical (unpaired) electrons. The predicted molar refractivity (Wildman–Crippen MR) is 82.1 cm³/mol. The summed E-state index contributed by atoms with van der Waals surface area (Å²) in [5, 5.41) is 0.703. The van der Waals surface area contributed by atoms with Crippen LogP contribution >= 0.6 is 0 Å². The molecule has 1 aromatic carbocycles. The minimum absolute atomic E-state index is 0.178. The number of pyridine rings is 1. The van der Waals surface area contributed by atoms with E-state index in [2.05, 4.69) is 4.98 Å². The summed E-state index contributed by atoms with van der Waals surface area (Å²) >= 11 is 0. The van der Waals surface area contributed by atoms with Gasteiger partial charge < -0.3 is 0 Å². The SMILES string of the molecule is [2H]C([2H])([2H])c1cc(F)ccc1-c1cc(C([2H])([2H])[2H])c([Si](C)(C)C)cn1. The summed E-state index contributed by atoms with van der Waals surface area (Å²) in [6.45, 7) is 1.18. The zero-order chi connectivity index (χ0) is 19.2. The molecule has 1 nitrogen and oxygen atoms in total. The van der Waals surface area contributed by atoms with Crippen molar-refractivity contribution in [2.45, 2.75) is 33.3 Å². The van der Waals surface area contributed by atoms with Crippen molar-refractivity contribution in [3.05, 3.63) is 47.4 Å². The van der Waals surface area contributed by atoms with Gasteiger partial charge >= 0.3 is 0 Å². The summed E-state index contributed by atoms with van der Waals surface area (Å²) < 4.78 is 59.8. The summed E-state index contributed by atoms with van der Waals surface area (Å²) in [6.07, 6.45) is 1.52. The van der Waals surface area contributed by atoms with E-state index < -0.39 is 27.6 Å². The number of rotatable bonds is 2. The fourth-order valence-corrected chi connectivity index (χ4v) is 3.27. The Labute approximate surface area is 124 Å². The molecule has 2 rings (SSSR count). The lowest BCUT2D eigenvalue weighted by molar-refractivity contribution is 0.627. The van der Waals surface area contributed by atoms with Gasteiger partial charge in [-0.15, -0.1) is 0 Å². The molecular weight excluding hydrogens is 253 g/mol. The molecule has 19 heavy (non-hydrogen) atoms. The van der Waals surface area contributed by atoms with Crippen molar-refractivity contribution in [2.75, 3.05) is 0 Å². The van der Waals surface area contributed by atoms with Crippen LogP contribution in [0.25, 0.3) is 11.3 Å². The zero-order valence-corrected chi connectivity index (χ0v) is 12.2. The fourth-order valence-electron chi connectivity index (χ4n) is 1.94. The largest absolute Gasteiger partial charge is 0.256 e. The Hall–Kier alpha value is -1.48. The van der Waals surface area contributed by atoms with Crippen molar-refractivity contribution in [3.8, 4) is 11.3 Å². The molecule has 0 unspecified atom stereocenters. The Bertz CT molecular complexity index is 793. The predicted octanol–water partition coefficient (Wildman–Crippen LogP) is 4.05. The Morgan fingerprint density at radius 1 is 1.11 bits per heavy atom. The molecule has 100 valence electrons.